The van der Waals surface area contributed by atoms with Gasteiger partial charge in [-0.3, -0.25) is 4.79 Å². The Morgan fingerprint density at radius 3 is 2.77 bits per heavy atom. The zero-order chi connectivity index (χ0) is 24.5. The monoisotopic (exact) mass is 495 g/mol. The molecule has 5 rings (SSSR count). The number of carbonyl (C=O) groups excluding carboxylic acids is 1. The fourth-order valence-corrected chi connectivity index (χ4v) is 4.72. The lowest BCUT2D eigenvalue weighted by atomic mass is 10.1. The zero-order valence-electron chi connectivity index (χ0n) is 19.7. The molecule has 11 heteroatoms. The largest absolute Gasteiger partial charge is 0.493 e. The predicted octanol–water partition coefficient (Wildman–Crippen LogP) is 4.34. The average Bonchev–Trinajstić information content (AvgIpc) is 3.64. The van der Waals surface area contributed by atoms with Crippen LogP contribution in [0.25, 0.3) is 11.2 Å². The van der Waals surface area contributed by atoms with Crippen LogP contribution in [0.5, 0.6) is 11.5 Å². The maximum Gasteiger partial charge on any atom is 0.257 e. The van der Waals surface area contributed by atoms with E-state index in [0.717, 1.165) is 31.2 Å². The van der Waals surface area contributed by atoms with Gasteiger partial charge in [-0.25, -0.2) is 9.50 Å². The van der Waals surface area contributed by atoms with Crippen LogP contribution in [-0.4, -0.2) is 62.3 Å². The summed E-state index contributed by atoms with van der Waals surface area (Å²) in [5, 5.41) is 7.44. The summed E-state index contributed by atoms with van der Waals surface area (Å²) in [7, 11) is 4.95. The maximum absolute atomic E-state index is 13.5. The number of anilines is 2. The van der Waals surface area contributed by atoms with E-state index >= 15 is 0 Å². The Hall–Kier alpha value is -3.79. The van der Waals surface area contributed by atoms with Crippen molar-refractivity contribution in [3.05, 3.63) is 53.8 Å². The molecule has 1 aromatic carbocycles. The Morgan fingerprint density at radius 2 is 2.03 bits per heavy atom. The second-order valence-electron chi connectivity index (χ2n) is 8.44. The van der Waals surface area contributed by atoms with Gasteiger partial charge in [0.25, 0.3) is 5.91 Å². The van der Waals surface area contributed by atoms with Gasteiger partial charge in [0.1, 0.15) is 17.7 Å². The number of hydrogen-bond acceptors (Lipinski definition) is 7. The summed E-state index contributed by atoms with van der Waals surface area (Å²) >= 11 is 6.06. The smallest absolute Gasteiger partial charge is 0.257 e. The van der Waals surface area contributed by atoms with Crippen LogP contribution in [0.3, 0.4) is 0 Å². The Balaban J connectivity index is 1.48. The molecule has 1 amide bonds. The predicted molar refractivity (Wildman–Crippen MR) is 132 cm³/mol. The van der Waals surface area contributed by atoms with Gasteiger partial charge < -0.3 is 24.3 Å². The third-order valence-corrected chi connectivity index (χ3v) is 6.54. The molecule has 1 saturated carbocycles. The van der Waals surface area contributed by atoms with E-state index in [4.69, 9.17) is 21.1 Å². The minimum atomic E-state index is -0.0985. The highest BCUT2D eigenvalue weighted by molar-refractivity contribution is 6.28. The fraction of sp³-hybridized carbons (Fsp3) is 0.333. The molecule has 10 nitrogen and oxygen atoms in total. The summed E-state index contributed by atoms with van der Waals surface area (Å²) in [5.41, 5.74) is 1.91. The third kappa shape index (κ3) is 4.37. The summed E-state index contributed by atoms with van der Waals surface area (Å²) in [4.78, 5) is 24.0. The van der Waals surface area contributed by atoms with E-state index < -0.39 is 0 Å². The molecule has 182 valence electrons. The van der Waals surface area contributed by atoms with E-state index in [1.54, 1.807) is 41.0 Å². The molecule has 1 aliphatic carbocycles. The van der Waals surface area contributed by atoms with Crippen molar-refractivity contribution in [3.63, 3.8) is 0 Å². The number of fused-ring (bicyclic) bond motifs is 1. The molecule has 1 N–H and O–H groups in total. The highest BCUT2D eigenvalue weighted by Crippen LogP contribution is 2.36. The van der Waals surface area contributed by atoms with E-state index in [1.807, 2.05) is 30.1 Å². The van der Waals surface area contributed by atoms with Crippen LogP contribution < -0.4 is 14.8 Å². The van der Waals surface area contributed by atoms with Gasteiger partial charge in [-0.1, -0.05) is 12.8 Å². The summed E-state index contributed by atoms with van der Waals surface area (Å²) in [6, 6.07) is 7.57. The van der Waals surface area contributed by atoms with Crippen LogP contribution in [0, 0.1) is 0 Å². The average molecular weight is 496 g/mol. The molecule has 1 aliphatic rings. The van der Waals surface area contributed by atoms with Gasteiger partial charge >= 0.3 is 0 Å². The standard InChI is InChI=1S/C24H26ClN7O3/c1-30(15-7-4-5-8-15)23(33)17-11-16(12-19(34-2)21(17)35-3)31-13-20(26-14-31)27-22-18-9-6-10-32(18)29-24(25)28-22/h6,9-15H,4-5,7-8H2,1-3H3,(H,27,28,29). The highest BCUT2D eigenvalue weighted by Gasteiger charge is 2.28. The molecular formula is C24H26ClN7O3. The molecule has 0 radical (unpaired) electrons. The van der Waals surface area contributed by atoms with E-state index in [2.05, 4.69) is 20.4 Å². The van der Waals surface area contributed by atoms with Crippen LogP contribution in [0.1, 0.15) is 36.0 Å². The van der Waals surface area contributed by atoms with Crippen molar-refractivity contribution >= 4 is 34.7 Å². The summed E-state index contributed by atoms with van der Waals surface area (Å²) in [6.07, 6.45) is 9.54. The Bertz CT molecular complexity index is 1380. The number of benzene rings is 1. The number of nitrogens with zero attached hydrogens (tertiary/aromatic N) is 6. The molecule has 3 aromatic heterocycles. The number of carbonyl (C=O) groups is 1. The van der Waals surface area contributed by atoms with Crippen molar-refractivity contribution in [3.8, 4) is 17.2 Å². The number of imidazole rings is 1. The Labute approximate surface area is 207 Å². The fourth-order valence-electron chi connectivity index (χ4n) is 4.55. The number of aromatic nitrogens is 5. The van der Waals surface area contributed by atoms with Crippen LogP contribution >= 0.6 is 11.6 Å². The molecule has 0 bridgehead atoms. The number of hydrogen-bond donors (Lipinski definition) is 1. The van der Waals surface area contributed by atoms with Gasteiger partial charge in [0.05, 0.1) is 31.7 Å². The van der Waals surface area contributed by atoms with E-state index in [-0.39, 0.29) is 17.2 Å². The highest BCUT2D eigenvalue weighted by atomic mass is 35.5. The van der Waals surface area contributed by atoms with Crippen molar-refractivity contribution in [1.82, 2.24) is 29.0 Å². The number of nitrogens with one attached hydrogen (secondary N) is 1. The number of ether oxygens (including phenoxy) is 2. The first-order valence-electron chi connectivity index (χ1n) is 11.3. The molecule has 1 fully saturated rings. The second-order valence-corrected chi connectivity index (χ2v) is 8.78. The lowest BCUT2D eigenvalue weighted by molar-refractivity contribution is 0.0731. The summed E-state index contributed by atoms with van der Waals surface area (Å²) in [6.45, 7) is 0. The lowest BCUT2D eigenvalue weighted by Gasteiger charge is -2.26. The first-order chi connectivity index (χ1) is 17.0. The number of rotatable bonds is 7. The normalized spacial score (nSPS) is 13.8. The summed E-state index contributed by atoms with van der Waals surface area (Å²) < 4.78 is 14.6. The van der Waals surface area contributed by atoms with Gasteiger partial charge in [0, 0.05) is 25.4 Å². The number of halogens is 1. The van der Waals surface area contributed by atoms with Crippen LogP contribution in [-0.2, 0) is 0 Å². The molecule has 0 aliphatic heterocycles. The topological polar surface area (TPSA) is 98.8 Å². The molecule has 35 heavy (non-hydrogen) atoms. The van der Waals surface area contributed by atoms with Crippen molar-refractivity contribution in [2.24, 2.45) is 0 Å². The number of methoxy groups -OCH3 is 2. The third-order valence-electron chi connectivity index (χ3n) is 6.38. The minimum Gasteiger partial charge on any atom is -0.493 e. The molecule has 0 spiro atoms. The van der Waals surface area contributed by atoms with Gasteiger partial charge in [0.15, 0.2) is 17.3 Å². The molecular weight excluding hydrogens is 470 g/mol. The van der Waals surface area contributed by atoms with Gasteiger partial charge in [-0.05, 0) is 42.6 Å². The molecule has 0 unspecified atom stereocenters. The molecule has 0 atom stereocenters. The SMILES string of the molecule is COc1cc(-n2cnc(Nc3nc(Cl)nn4cccc34)c2)cc(C(=O)N(C)C2CCCC2)c1OC. The van der Waals surface area contributed by atoms with E-state index in [0.29, 0.717) is 34.4 Å². The second kappa shape index (κ2) is 9.46. The minimum absolute atomic E-state index is 0.0985. The Kier molecular flexibility index (Phi) is 6.21. The van der Waals surface area contributed by atoms with Gasteiger partial charge in [-0.2, -0.15) is 4.98 Å². The zero-order valence-corrected chi connectivity index (χ0v) is 20.5. The van der Waals surface area contributed by atoms with Crippen molar-refractivity contribution in [2.75, 3.05) is 26.6 Å². The van der Waals surface area contributed by atoms with Crippen molar-refractivity contribution in [2.45, 2.75) is 31.7 Å². The lowest BCUT2D eigenvalue weighted by Crippen LogP contribution is -2.35. The van der Waals surface area contributed by atoms with Crippen LogP contribution in [0.15, 0.2) is 43.0 Å². The van der Waals surface area contributed by atoms with E-state index in [1.165, 1.54) is 7.11 Å². The maximum atomic E-state index is 13.5. The molecule has 0 saturated heterocycles. The van der Waals surface area contributed by atoms with Crippen molar-refractivity contribution < 1.29 is 14.3 Å². The van der Waals surface area contributed by atoms with Crippen LogP contribution in [0.2, 0.25) is 5.28 Å². The van der Waals surface area contributed by atoms with Gasteiger partial charge in [0.2, 0.25) is 5.28 Å². The quantitative estimate of drug-likeness (QED) is 0.407. The summed E-state index contributed by atoms with van der Waals surface area (Å²) in [5.74, 6) is 1.86. The van der Waals surface area contributed by atoms with Crippen LogP contribution in [0.4, 0.5) is 11.6 Å². The van der Waals surface area contributed by atoms with Crippen molar-refractivity contribution in [1.29, 1.82) is 0 Å². The molecule has 4 aromatic rings. The molecule has 3 heterocycles. The first kappa shape index (κ1) is 23.0. The van der Waals surface area contributed by atoms with Gasteiger partial charge in [-0.15, -0.1) is 5.10 Å². The number of amides is 1. The Morgan fingerprint density at radius 1 is 1.23 bits per heavy atom. The first-order valence-corrected chi connectivity index (χ1v) is 11.7. The van der Waals surface area contributed by atoms with E-state index in [9.17, 15) is 4.79 Å².